The van der Waals surface area contributed by atoms with E-state index in [0.717, 1.165) is 12.3 Å². The summed E-state index contributed by atoms with van der Waals surface area (Å²) >= 11 is 0. The fourth-order valence-electron chi connectivity index (χ4n) is 4.43. The third-order valence-corrected chi connectivity index (χ3v) is 6.43. The molecule has 0 saturated heterocycles. The Morgan fingerprint density at radius 3 is 1.48 bits per heavy atom. The van der Waals surface area contributed by atoms with Gasteiger partial charge in [0.05, 0.1) is 0 Å². The number of hydrogen-bond donors (Lipinski definition) is 1. The average Bonchev–Trinajstić information content (AvgIpc) is 2.74. The minimum Gasteiger partial charge on any atom is -0.324 e. The lowest BCUT2D eigenvalue weighted by atomic mass is 9.92. The highest BCUT2D eigenvalue weighted by atomic mass is 14.6. The van der Waals surface area contributed by atoms with E-state index in [9.17, 15) is 0 Å². The van der Waals surface area contributed by atoms with Crippen LogP contribution in [-0.4, -0.2) is 0 Å². The molecule has 168 valence electrons. The first-order chi connectivity index (χ1) is 14.2. The van der Waals surface area contributed by atoms with Crippen LogP contribution in [0.15, 0.2) is 30.3 Å². The molecule has 0 amide bonds. The Balaban J connectivity index is 1.81. The van der Waals surface area contributed by atoms with E-state index in [4.69, 9.17) is 5.73 Å². The zero-order valence-corrected chi connectivity index (χ0v) is 19.8. The Morgan fingerprint density at radius 2 is 1.03 bits per heavy atom. The van der Waals surface area contributed by atoms with Crippen molar-refractivity contribution in [2.75, 3.05) is 0 Å². The van der Waals surface area contributed by atoms with Crippen LogP contribution in [0.4, 0.5) is 0 Å². The third kappa shape index (κ3) is 15.7. The molecule has 29 heavy (non-hydrogen) atoms. The molecule has 1 nitrogen and oxygen atoms in total. The molecular formula is C28H51N. The van der Waals surface area contributed by atoms with Gasteiger partial charge in [-0.05, 0) is 17.9 Å². The van der Waals surface area contributed by atoms with Crippen molar-refractivity contribution in [2.24, 2.45) is 11.7 Å². The second-order valence-corrected chi connectivity index (χ2v) is 9.45. The van der Waals surface area contributed by atoms with Crippen molar-refractivity contribution in [1.82, 2.24) is 0 Å². The van der Waals surface area contributed by atoms with E-state index in [-0.39, 0.29) is 6.04 Å². The van der Waals surface area contributed by atoms with Crippen LogP contribution in [-0.2, 0) is 0 Å². The Labute approximate surface area is 183 Å². The maximum Gasteiger partial charge on any atom is 0.0297 e. The van der Waals surface area contributed by atoms with E-state index in [1.807, 2.05) is 0 Å². The highest BCUT2D eigenvalue weighted by Crippen LogP contribution is 2.23. The van der Waals surface area contributed by atoms with E-state index in [1.54, 1.807) is 0 Å². The van der Waals surface area contributed by atoms with Gasteiger partial charge in [-0.1, -0.05) is 153 Å². The first-order valence-corrected chi connectivity index (χ1v) is 13.0. The molecule has 1 heteroatoms. The minimum atomic E-state index is 0.201. The summed E-state index contributed by atoms with van der Waals surface area (Å²) < 4.78 is 0. The van der Waals surface area contributed by atoms with Crippen molar-refractivity contribution < 1.29 is 0 Å². The average molecular weight is 402 g/mol. The molecule has 0 aliphatic rings. The van der Waals surface area contributed by atoms with Crippen molar-refractivity contribution in [3.63, 3.8) is 0 Å². The van der Waals surface area contributed by atoms with Crippen LogP contribution >= 0.6 is 0 Å². The lowest BCUT2D eigenvalue weighted by Crippen LogP contribution is -2.14. The van der Waals surface area contributed by atoms with Crippen LogP contribution in [0.5, 0.6) is 0 Å². The van der Waals surface area contributed by atoms with Gasteiger partial charge in [-0.2, -0.15) is 0 Å². The van der Waals surface area contributed by atoms with Gasteiger partial charge in [0.1, 0.15) is 0 Å². The van der Waals surface area contributed by atoms with Crippen molar-refractivity contribution in [2.45, 2.75) is 135 Å². The van der Waals surface area contributed by atoms with Gasteiger partial charge in [-0.3, -0.25) is 0 Å². The summed E-state index contributed by atoms with van der Waals surface area (Å²) in [5, 5.41) is 0. The highest BCUT2D eigenvalue weighted by Gasteiger charge is 2.10. The summed E-state index contributed by atoms with van der Waals surface area (Å²) in [5.41, 5.74) is 7.64. The molecule has 1 rings (SSSR count). The van der Waals surface area contributed by atoms with Crippen LogP contribution in [0.1, 0.15) is 141 Å². The Kier molecular flexibility index (Phi) is 17.3. The van der Waals surface area contributed by atoms with E-state index in [0.29, 0.717) is 0 Å². The fraction of sp³-hybridized carbons (Fsp3) is 0.786. The summed E-state index contributed by atoms with van der Waals surface area (Å²) in [6.45, 7) is 4.67. The van der Waals surface area contributed by atoms with Crippen LogP contribution in [0, 0.1) is 5.92 Å². The molecular weight excluding hydrogens is 350 g/mol. The molecule has 0 radical (unpaired) electrons. The van der Waals surface area contributed by atoms with Crippen LogP contribution in [0.2, 0.25) is 0 Å². The second-order valence-electron chi connectivity index (χ2n) is 9.45. The maximum atomic E-state index is 6.36. The lowest BCUT2D eigenvalue weighted by Gasteiger charge is -2.17. The van der Waals surface area contributed by atoms with Gasteiger partial charge < -0.3 is 5.73 Å². The van der Waals surface area contributed by atoms with Gasteiger partial charge in [-0.15, -0.1) is 0 Å². The zero-order valence-electron chi connectivity index (χ0n) is 19.8. The Bertz CT molecular complexity index is 441. The summed E-state index contributed by atoms with van der Waals surface area (Å²) in [6, 6.07) is 10.8. The summed E-state index contributed by atoms with van der Waals surface area (Å²) in [7, 11) is 0. The van der Waals surface area contributed by atoms with Gasteiger partial charge in [0.15, 0.2) is 0 Å². The van der Waals surface area contributed by atoms with Crippen molar-refractivity contribution in [3.05, 3.63) is 35.9 Å². The highest BCUT2D eigenvalue weighted by molar-refractivity contribution is 5.18. The van der Waals surface area contributed by atoms with Crippen molar-refractivity contribution in [3.8, 4) is 0 Å². The number of hydrogen-bond acceptors (Lipinski definition) is 1. The first-order valence-electron chi connectivity index (χ1n) is 13.0. The van der Waals surface area contributed by atoms with Gasteiger partial charge in [0.25, 0.3) is 0 Å². The van der Waals surface area contributed by atoms with Crippen LogP contribution < -0.4 is 5.73 Å². The Hall–Kier alpha value is -0.820. The normalized spacial score (nSPS) is 13.5. The molecule has 0 saturated carbocycles. The molecule has 2 unspecified atom stereocenters. The quantitative estimate of drug-likeness (QED) is 0.216. The van der Waals surface area contributed by atoms with Gasteiger partial charge >= 0.3 is 0 Å². The number of nitrogens with two attached hydrogens (primary N) is 1. The molecule has 0 bridgehead atoms. The fourth-order valence-corrected chi connectivity index (χ4v) is 4.43. The van der Waals surface area contributed by atoms with Gasteiger partial charge in [-0.25, -0.2) is 0 Å². The van der Waals surface area contributed by atoms with Gasteiger partial charge in [0, 0.05) is 6.04 Å². The predicted octanol–water partition coefficient (Wildman–Crippen LogP) is 9.36. The SMILES string of the molecule is CCCCCCCCCCCCCCCCCCC(C)CC(N)c1ccccc1. The first kappa shape index (κ1) is 26.2. The number of unbranched alkanes of at least 4 members (excludes halogenated alkanes) is 15. The molecule has 0 aliphatic heterocycles. The molecule has 2 N–H and O–H groups in total. The van der Waals surface area contributed by atoms with Crippen LogP contribution in [0.25, 0.3) is 0 Å². The topological polar surface area (TPSA) is 26.0 Å². The largest absolute Gasteiger partial charge is 0.324 e. The third-order valence-electron chi connectivity index (χ3n) is 6.43. The Morgan fingerprint density at radius 1 is 0.621 bits per heavy atom. The minimum absolute atomic E-state index is 0.201. The van der Waals surface area contributed by atoms with E-state index >= 15 is 0 Å². The molecule has 2 atom stereocenters. The van der Waals surface area contributed by atoms with Gasteiger partial charge in [0.2, 0.25) is 0 Å². The smallest absolute Gasteiger partial charge is 0.0297 e. The van der Waals surface area contributed by atoms with Crippen molar-refractivity contribution in [1.29, 1.82) is 0 Å². The van der Waals surface area contributed by atoms with Crippen molar-refractivity contribution >= 4 is 0 Å². The van der Waals surface area contributed by atoms with Crippen LogP contribution in [0.3, 0.4) is 0 Å². The zero-order chi connectivity index (χ0) is 21.0. The summed E-state index contributed by atoms with van der Waals surface area (Å²) in [4.78, 5) is 0. The maximum absolute atomic E-state index is 6.36. The molecule has 0 spiro atoms. The standard InChI is InChI=1S/C28H51N/c1-3-4-5-6-7-8-9-10-11-12-13-14-15-16-17-19-22-26(2)25-28(29)27-23-20-18-21-24-27/h18,20-21,23-24,26,28H,3-17,19,22,25,29H2,1-2H3. The number of rotatable bonds is 20. The summed E-state index contributed by atoms with van der Waals surface area (Å²) in [5.74, 6) is 0.733. The lowest BCUT2D eigenvalue weighted by molar-refractivity contribution is 0.420. The molecule has 0 aliphatic carbocycles. The van der Waals surface area contributed by atoms with E-state index in [2.05, 4.69) is 44.2 Å². The second kappa shape index (κ2) is 19.2. The molecule has 0 heterocycles. The molecule has 0 aromatic heterocycles. The molecule has 1 aromatic rings. The van der Waals surface area contributed by atoms with E-state index in [1.165, 1.54) is 115 Å². The summed E-state index contributed by atoms with van der Waals surface area (Å²) in [6.07, 6.45) is 25.5. The predicted molar refractivity (Wildman–Crippen MR) is 131 cm³/mol. The molecule has 1 aromatic carbocycles. The number of benzene rings is 1. The monoisotopic (exact) mass is 401 g/mol. The molecule has 0 fully saturated rings. The van der Waals surface area contributed by atoms with E-state index < -0.39 is 0 Å².